The van der Waals surface area contributed by atoms with Crippen LogP contribution in [-0.4, -0.2) is 39.0 Å². The summed E-state index contributed by atoms with van der Waals surface area (Å²) in [5.74, 6) is -3.12. The first-order valence-electron chi connectivity index (χ1n) is 10.6. The summed E-state index contributed by atoms with van der Waals surface area (Å²) in [7, 11) is 0. The summed E-state index contributed by atoms with van der Waals surface area (Å²) in [6.45, 7) is 0.843. The maximum absolute atomic E-state index is 12.7. The minimum absolute atomic E-state index is 0.0984. The van der Waals surface area contributed by atoms with Crippen molar-refractivity contribution in [2.45, 2.75) is 6.54 Å². The van der Waals surface area contributed by atoms with Gasteiger partial charge in [-0.2, -0.15) is 0 Å². The van der Waals surface area contributed by atoms with Crippen molar-refractivity contribution in [3.8, 4) is 0 Å². The summed E-state index contributed by atoms with van der Waals surface area (Å²) >= 11 is 1.09. The number of carbonyl (C=O) groups is 3. The number of aromatic nitrogens is 1. The standard InChI is InChI=1S/C26H20N2O6S/c29-23(17-4-2-1-3-5-17)18-8-11-21-22(15-18)35-26(34)28(21)13-12-27-19-9-6-16(7-10-19)14-20(24(30)31)25(32)33/h1-11,14-15,27H,12-13H2,(H,30,31)(H,32,33). The highest BCUT2D eigenvalue weighted by atomic mass is 32.1. The Hall–Kier alpha value is -4.50. The predicted molar refractivity (Wildman–Crippen MR) is 134 cm³/mol. The van der Waals surface area contributed by atoms with E-state index >= 15 is 0 Å². The molecule has 0 saturated heterocycles. The number of nitrogens with zero attached hydrogens (tertiary/aromatic N) is 1. The number of aliphatic carboxylic acids is 2. The summed E-state index contributed by atoms with van der Waals surface area (Å²) in [5, 5.41) is 21.1. The van der Waals surface area contributed by atoms with Crippen molar-refractivity contribution in [1.82, 2.24) is 4.57 Å². The first-order valence-corrected chi connectivity index (χ1v) is 11.4. The molecule has 4 rings (SSSR count). The van der Waals surface area contributed by atoms with Crippen molar-refractivity contribution in [2.75, 3.05) is 11.9 Å². The largest absolute Gasteiger partial charge is 0.477 e. The van der Waals surface area contributed by atoms with E-state index in [1.807, 2.05) is 6.07 Å². The van der Waals surface area contributed by atoms with E-state index in [4.69, 9.17) is 10.2 Å². The van der Waals surface area contributed by atoms with Crippen LogP contribution in [0.25, 0.3) is 16.3 Å². The van der Waals surface area contributed by atoms with Crippen LogP contribution in [0.15, 0.2) is 83.2 Å². The maximum atomic E-state index is 12.7. The maximum Gasteiger partial charge on any atom is 0.343 e. The average Bonchev–Trinajstić information content (AvgIpc) is 3.17. The number of carboxylic acid groups (broad SMARTS) is 2. The van der Waals surface area contributed by atoms with E-state index in [1.165, 1.54) is 0 Å². The van der Waals surface area contributed by atoms with Crippen LogP contribution in [0.1, 0.15) is 21.5 Å². The van der Waals surface area contributed by atoms with Crippen molar-refractivity contribution in [1.29, 1.82) is 0 Å². The molecule has 0 aliphatic rings. The predicted octanol–water partition coefficient (Wildman–Crippen LogP) is 3.96. The lowest BCUT2D eigenvalue weighted by Gasteiger charge is -2.08. The van der Waals surface area contributed by atoms with Crippen LogP contribution < -0.4 is 10.2 Å². The molecule has 0 radical (unpaired) electrons. The van der Waals surface area contributed by atoms with Gasteiger partial charge in [0.05, 0.1) is 10.2 Å². The van der Waals surface area contributed by atoms with Gasteiger partial charge in [0, 0.05) is 29.9 Å². The molecule has 9 heteroatoms. The van der Waals surface area contributed by atoms with Gasteiger partial charge < -0.3 is 15.5 Å². The van der Waals surface area contributed by atoms with E-state index in [9.17, 15) is 19.2 Å². The molecule has 0 amide bonds. The number of anilines is 1. The molecule has 176 valence electrons. The van der Waals surface area contributed by atoms with Crippen LogP contribution >= 0.6 is 11.3 Å². The van der Waals surface area contributed by atoms with Crippen LogP contribution in [0.4, 0.5) is 5.69 Å². The molecule has 1 heterocycles. The lowest BCUT2D eigenvalue weighted by atomic mass is 10.0. The van der Waals surface area contributed by atoms with Crippen LogP contribution in [0, 0.1) is 0 Å². The Bertz CT molecular complexity index is 1480. The molecule has 35 heavy (non-hydrogen) atoms. The van der Waals surface area contributed by atoms with Gasteiger partial charge in [-0.15, -0.1) is 0 Å². The van der Waals surface area contributed by atoms with E-state index in [0.29, 0.717) is 29.8 Å². The Kier molecular flexibility index (Phi) is 6.88. The van der Waals surface area contributed by atoms with Crippen molar-refractivity contribution in [2.24, 2.45) is 0 Å². The van der Waals surface area contributed by atoms with Gasteiger partial charge in [-0.25, -0.2) is 9.59 Å². The van der Waals surface area contributed by atoms with Crippen LogP contribution in [0.3, 0.4) is 0 Å². The fourth-order valence-corrected chi connectivity index (χ4v) is 4.52. The molecule has 3 aromatic carbocycles. The van der Waals surface area contributed by atoms with Gasteiger partial charge in [0.15, 0.2) is 5.78 Å². The Labute approximate surface area is 203 Å². The number of carboxylic acids is 2. The number of benzene rings is 3. The van der Waals surface area contributed by atoms with E-state index in [1.54, 1.807) is 71.3 Å². The van der Waals surface area contributed by atoms with Crippen molar-refractivity contribution < 1.29 is 24.6 Å². The minimum Gasteiger partial charge on any atom is -0.477 e. The zero-order valence-electron chi connectivity index (χ0n) is 18.3. The van der Waals surface area contributed by atoms with Gasteiger partial charge in [0.2, 0.25) is 0 Å². The lowest BCUT2D eigenvalue weighted by Crippen LogP contribution is -2.18. The molecule has 4 aromatic rings. The Morgan fingerprint density at radius 2 is 1.57 bits per heavy atom. The molecule has 0 saturated carbocycles. The smallest absolute Gasteiger partial charge is 0.343 e. The molecule has 3 N–H and O–H groups in total. The Morgan fingerprint density at radius 1 is 0.886 bits per heavy atom. The van der Waals surface area contributed by atoms with Crippen LogP contribution in [0.5, 0.6) is 0 Å². The fourth-order valence-electron chi connectivity index (χ4n) is 3.57. The average molecular weight is 489 g/mol. The third-order valence-corrected chi connectivity index (χ3v) is 6.26. The lowest BCUT2D eigenvalue weighted by molar-refractivity contribution is -0.140. The highest BCUT2D eigenvalue weighted by molar-refractivity contribution is 7.16. The van der Waals surface area contributed by atoms with Crippen LogP contribution in [-0.2, 0) is 16.1 Å². The number of hydrogen-bond donors (Lipinski definition) is 3. The molecule has 0 spiro atoms. The first-order chi connectivity index (χ1) is 16.8. The quantitative estimate of drug-likeness (QED) is 0.141. The molecule has 0 atom stereocenters. The third-order valence-electron chi connectivity index (χ3n) is 5.31. The van der Waals surface area contributed by atoms with Gasteiger partial charge in [-0.05, 0) is 42.0 Å². The Balaban J connectivity index is 1.44. The number of rotatable bonds is 9. The molecule has 0 bridgehead atoms. The first kappa shape index (κ1) is 23.7. The minimum atomic E-state index is -1.51. The van der Waals surface area contributed by atoms with Gasteiger partial charge in [0.25, 0.3) is 0 Å². The number of ketones is 1. The van der Waals surface area contributed by atoms with Gasteiger partial charge in [-0.1, -0.05) is 53.8 Å². The summed E-state index contributed by atoms with van der Waals surface area (Å²) in [6, 6.07) is 20.8. The summed E-state index contributed by atoms with van der Waals surface area (Å²) in [5.41, 5.74) is 2.32. The molecule has 0 aliphatic carbocycles. The molecular formula is C26H20N2O6S. The second kappa shape index (κ2) is 10.2. The normalized spacial score (nSPS) is 10.6. The number of hydrogen-bond acceptors (Lipinski definition) is 6. The van der Waals surface area contributed by atoms with E-state index in [0.717, 1.165) is 33.3 Å². The molecule has 0 unspecified atom stereocenters. The SMILES string of the molecule is O=C(O)C(=Cc1ccc(NCCn2c(=O)sc3cc(C(=O)c4ccccc4)ccc32)cc1)C(=O)O. The van der Waals surface area contributed by atoms with Crippen LogP contribution in [0.2, 0.25) is 0 Å². The monoisotopic (exact) mass is 488 g/mol. The van der Waals surface area contributed by atoms with Crippen molar-refractivity contribution in [3.63, 3.8) is 0 Å². The Morgan fingerprint density at radius 3 is 2.23 bits per heavy atom. The highest BCUT2D eigenvalue weighted by Gasteiger charge is 2.16. The summed E-state index contributed by atoms with van der Waals surface area (Å²) in [4.78, 5) is 47.1. The van der Waals surface area contributed by atoms with E-state index in [2.05, 4.69) is 5.32 Å². The third kappa shape index (κ3) is 5.36. The van der Waals surface area contributed by atoms with E-state index < -0.39 is 17.5 Å². The number of nitrogens with one attached hydrogen (secondary N) is 1. The van der Waals surface area contributed by atoms with Crippen molar-refractivity contribution >= 4 is 51.0 Å². The van der Waals surface area contributed by atoms with E-state index in [-0.39, 0.29) is 10.7 Å². The number of thiazole rings is 1. The summed E-state index contributed by atoms with van der Waals surface area (Å²) in [6.07, 6.45) is 1.09. The van der Waals surface area contributed by atoms with Gasteiger partial charge in [0.1, 0.15) is 5.57 Å². The molecule has 8 nitrogen and oxygen atoms in total. The highest BCUT2D eigenvalue weighted by Crippen LogP contribution is 2.21. The second-order valence-electron chi connectivity index (χ2n) is 7.61. The zero-order valence-corrected chi connectivity index (χ0v) is 19.1. The van der Waals surface area contributed by atoms with Crippen molar-refractivity contribution in [3.05, 3.63) is 105 Å². The van der Waals surface area contributed by atoms with Gasteiger partial charge in [-0.3, -0.25) is 14.2 Å². The summed E-state index contributed by atoms with van der Waals surface area (Å²) < 4.78 is 2.38. The molecular weight excluding hydrogens is 468 g/mol. The number of carbonyl (C=O) groups excluding carboxylic acids is 1. The fraction of sp³-hybridized carbons (Fsp3) is 0.0769. The second-order valence-corrected chi connectivity index (χ2v) is 8.61. The topological polar surface area (TPSA) is 126 Å². The molecule has 1 aromatic heterocycles. The molecule has 0 aliphatic heterocycles. The molecule has 0 fully saturated rings. The van der Waals surface area contributed by atoms with Gasteiger partial charge >= 0.3 is 16.8 Å². The zero-order chi connectivity index (χ0) is 24.9. The number of fused-ring (bicyclic) bond motifs is 1.